The van der Waals surface area contributed by atoms with Crippen molar-refractivity contribution in [2.45, 2.75) is 90.7 Å². The molecular formula is C27H34F3N3O2. The molecule has 1 aliphatic carbocycles. The topological polar surface area (TPSA) is 45.7 Å². The molecule has 2 heterocycles. The fraction of sp³-hybridized carbons (Fsp3) is 0.556. The summed E-state index contributed by atoms with van der Waals surface area (Å²) in [6.45, 7) is 8.65. The number of anilines is 1. The maximum absolute atomic E-state index is 13.4. The van der Waals surface area contributed by atoms with E-state index in [-0.39, 0.29) is 0 Å². The van der Waals surface area contributed by atoms with Crippen molar-refractivity contribution in [3.05, 3.63) is 58.3 Å². The number of halogens is 3. The Balaban J connectivity index is 1.61. The monoisotopic (exact) mass is 489 g/mol. The van der Waals surface area contributed by atoms with Crippen LogP contribution in [0.3, 0.4) is 0 Å². The van der Waals surface area contributed by atoms with Crippen LogP contribution in [0.1, 0.15) is 79.9 Å². The largest absolute Gasteiger partial charge is 0.439 e. The predicted octanol–water partition coefficient (Wildman–Crippen LogP) is 6.96. The van der Waals surface area contributed by atoms with Crippen molar-refractivity contribution in [2.75, 3.05) is 11.4 Å². The van der Waals surface area contributed by atoms with Crippen molar-refractivity contribution in [3.8, 4) is 0 Å². The number of ether oxygens (including phenoxy) is 1. The van der Waals surface area contributed by atoms with Crippen LogP contribution in [0.2, 0.25) is 0 Å². The summed E-state index contributed by atoms with van der Waals surface area (Å²) < 4.78 is 45.8. The van der Waals surface area contributed by atoms with Gasteiger partial charge in [0.05, 0.1) is 18.2 Å². The summed E-state index contributed by atoms with van der Waals surface area (Å²) in [5.74, 6) is 0.878. The Hall–Kier alpha value is -2.77. The number of pyridine rings is 1. The minimum absolute atomic E-state index is 0.293. The SMILES string of the molecule is CCN(c1ncc(C)cc1CN1C(=O)O[C@H](c2cc(C)cc(C(F)(F)F)c2)[C@@H]1C)C1CCCCC1. The average Bonchev–Trinajstić information content (AvgIpc) is 3.09. The van der Waals surface area contributed by atoms with E-state index in [0.29, 0.717) is 23.7 Å². The third kappa shape index (κ3) is 5.41. The number of hydrogen-bond donors (Lipinski definition) is 0. The fourth-order valence-electron chi connectivity index (χ4n) is 5.45. The second-order valence-corrected chi connectivity index (χ2v) is 9.88. The number of benzene rings is 1. The lowest BCUT2D eigenvalue weighted by molar-refractivity contribution is -0.137. The second kappa shape index (κ2) is 10.1. The standard InChI is InChI=1S/C27H34F3N3O2/c1-5-32(23-9-7-6-8-10-23)25-21(12-18(3)15-31-25)16-33-19(4)24(35-26(33)34)20-11-17(2)13-22(14-20)27(28,29)30/h11-15,19,23-24H,5-10,16H2,1-4H3/t19-,24-/m0/s1. The molecule has 1 saturated carbocycles. The van der Waals surface area contributed by atoms with E-state index in [9.17, 15) is 18.0 Å². The van der Waals surface area contributed by atoms with Gasteiger partial charge in [0.25, 0.3) is 0 Å². The van der Waals surface area contributed by atoms with Gasteiger partial charge in [-0.2, -0.15) is 13.2 Å². The van der Waals surface area contributed by atoms with E-state index in [1.807, 2.05) is 20.0 Å². The van der Waals surface area contributed by atoms with Crippen LogP contribution < -0.4 is 4.90 Å². The van der Waals surface area contributed by atoms with Gasteiger partial charge in [-0.3, -0.25) is 4.90 Å². The van der Waals surface area contributed by atoms with Crippen LogP contribution in [0.5, 0.6) is 0 Å². The van der Waals surface area contributed by atoms with Gasteiger partial charge in [-0.15, -0.1) is 0 Å². The molecule has 0 bridgehead atoms. The minimum atomic E-state index is -4.46. The molecule has 1 aliphatic heterocycles. The quantitative estimate of drug-likeness (QED) is 0.440. The lowest BCUT2D eigenvalue weighted by Crippen LogP contribution is -2.39. The van der Waals surface area contributed by atoms with Gasteiger partial charge in [0.2, 0.25) is 0 Å². The third-order valence-electron chi connectivity index (χ3n) is 7.20. The van der Waals surface area contributed by atoms with Crippen LogP contribution in [0.25, 0.3) is 0 Å². The number of nitrogens with zero attached hydrogens (tertiary/aromatic N) is 3. The first-order valence-electron chi connectivity index (χ1n) is 12.5. The summed E-state index contributed by atoms with van der Waals surface area (Å²) in [4.78, 5) is 21.6. The van der Waals surface area contributed by atoms with Crippen molar-refractivity contribution in [1.82, 2.24) is 9.88 Å². The van der Waals surface area contributed by atoms with Gasteiger partial charge in [0.1, 0.15) is 11.9 Å². The van der Waals surface area contributed by atoms with Crippen LogP contribution in [-0.2, 0) is 17.5 Å². The smallest absolute Gasteiger partial charge is 0.416 e. The number of amides is 1. The number of aryl methyl sites for hydroxylation is 2. The molecule has 8 heteroatoms. The molecule has 35 heavy (non-hydrogen) atoms. The van der Waals surface area contributed by atoms with Crippen LogP contribution in [0.4, 0.5) is 23.8 Å². The van der Waals surface area contributed by atoms with Crippen LogP contribution >= 0.6 is 0 Å². The normalized spacial score (nSPS) is 21.3. The van der Waals surface area contributed by atoms with Crippen molar-refractivity contribution in [3.63, 3.8) is 0 Å². The zero-order valence-electron chi connectivity index (χ0n) is 20.9. The second-order valence-electron chi connectivity index (χ2n) is 9.88. The molecular weight excluding hydrogens is 455 g/mol. The Morgan fingerprint density at radius 2 is 1.80 bits per heavy atom. The number of cyclic esters (lactones) is 1. The Morgan fingerprint density at radius 1 is 1.09 bits per heavy atom. The summed E-state index contributed by atoms with van der Waals surface area (Å²) in [7, 11) is 0. The summed E-state index contributed by atoms with van der Waals surface area (Å²) in [5, 5.41) is 0. The van der Waals surface area contributed by atoms with Crippen molar-refractivity contribution in [2.24, 2.45) is 0 Å². The Morgan fingerprint density at radius 3 is 2.46 bits per heavy atom. The Bertz CT molecular complexity index is 1070. The highest BCUT2D eigenvalue weighted by Crippen LogP contribution is 2.38. The highest BCUT2D eigenvalue weighted by Gasteiger charge is 2.41. The molecule has 1 amide bonds. The van der Waals surface area contributed by atoms with E-state index in [0.717, 1.165) is 48.5 Å². The molecule has 2 aromatic rings. The molecule has 1 aromatic heterocycles. The number of hydrogen-bond acceptors (Lipinski definition) is 4. The Kier molecular flexibility index (Phi) is 7.29. The maximum Gasteiger partial charge on any atom is 0.416 e. The highest BCUT2D eigenvalue weighted by molar-refractivity contribution is 5.71. The van der Waals surface area contributed by atoms with E-state index in [1.54, 1.807) is 17.9 Å². The van der Waals surface area contributed by atoms with Gasteiger partial charge in [0, 0.05) is 24.3 Å². The number of carbonyl (C=O) groups excluding carboxylic acids is 1. The molecule has 0 unspecified atom stereocenters. The molecule has 0 radical (unpaired) electrons. The first-order valence-corrected chi connectivity index (χ1v) is 12.5. The fourth-order valence-corrected chi connectivity index (χ4v) is 5.45. The summed E-state index contributed by atoms with van der Waals surface area (Å²) in [6, 6.07) is 5.91. The minimum Gasteiger partial charge on any atom is -0.439 e. The van der Waals surface area contributed by atoms with Gasteiger partial charge in [-0.1, -0.05) is 30.9 Å². The number of rotatable bonds is 6. The Labute approximate surface area is 205 Å². The van der Waals surface area contributed by atoms with E-state index in [2.05, 4.69) is 17.9 Å². The lowest BCUT2D eigenvalue weighted by atomic mass is 9.93. The molecule has 5 nitrogen and oxygen atoms in total. The van der Waals surface area contributed by atoms with Gasteiger partial charge in [0.15, 0.2) is 0 Å². The van der Waals surface area contributed by atoms with Crippen molar-refractivity contribution >= 4 is 11.9 Å². The van der Waals surface area contributed by atoms with Gasteiger partial charge < -0.3 is 9.64 Å². The zero-order valence-corrected chi connectivity index (χ0v) is 20.9. The first kappa shape index (κ1) is 25.3. The van der Waals surface area contributed by atoms with E-state index >= 15 is 0 Å². The predicted molar refractivity (Wildman–Crippen MR) is 129 cm³/mol. The third-order valence-corrected chi connectivity index (χ3v) is 7.20. The number of alkyl halides is 3. The summed E-state index contributed by atoms with van der Waals surface area (Å²) in [5.41, 5.74) is 2.04. The van der Waals surface area contributed by atoms with Crippen molar-refractivity contribution < 1.29 is 22.7 Å². The lowest BCUT2D eigenvalue weighted by Gasteiger charge is -2.36. The zero-order chi connectivity index (χ0) is 25.3. The molecule has 4 rings (SSSR count). The van der Waals surface area contributed by atoms with Gasteiger partial charge in [-0.05, 0) is 69.9 Å². The van der Waals surface area contributed by atoms with Gasteiger partial charge >= 0.3 is 12.3 Å². The molecule has 2 fully saturated rings. The van der Waals surface area contributed by atoms with Gasteiger partial charge in [-0.25, -0.2) is 9.78 Å². The van der Waals surface area contributed by atoms with Crippen LogP contribution in [0.15, 0.2) is 30.5 Å². The molecule has 0 N–H and O–H groups in total. The van der Waals surface area contributed by atoms with E-state index in [4.69, 9.17) is 9.72 Å². The van der Waals surface area contributed by atoms with E-state index < -0.39 is 30.0 Å². The maximum atomic E-state index is 13.4. The number of aromatic nitrogens is 1. The van der Waals surface area contributed by atoms with Crippen LogP contribution in [0, 0.1) is 13.8 Å². The average molecular weight is 490 g/mol. The molecule has 0 spiro atoms. The molecule has 1 aromatic carbocycles. The first-order chi connectivity index (χ1) is 16.6. The van der Waals surface area contributed by atoms with Crippen LogP contribution in [-0.4, -0.2) is 34.6 Å². The number of carbonyl (C=O) groups is 1. The van der Waals surface area contributed by atoms with Crippen molar-refractivity contribution in [1.29, 1.82) is 0 Å². The molecule has 2 aliphatic rings. The molecule has 1 saturated heterocycles. The molecule has 190 valence electrons. The summed E-state index contributed by atoms with van der Waals surface area (Å²) in [6.07, 6.45) is 2.02. The van der Waals surface area contributed by atoms with E-state index in [1.165, 1.54) is 19.3 Å². The highest BCUT2D eigenvalue weighted by atomic mass is 19.4. The molecule has 2 atom stereocenters. The summed E-state index contributed by atoms with van der Waals surface area (Å²) >= 11 is 0.